The van der Waals surface area contributed by atoms with Gasteiger partial charge in [0.25, 0.3) is 0 Å². The fourth-order valence-corrected chi connectivity index (χ4v) is 1.61. The Morgan fingerprint density at radius 3 is 2.61 bits per heavy atom. The van der Waals surface area contributed by atoms with E-state index in [1.807, 2.05) is 6.92 Å². The van der Waals surface area contributed by atoms with E-state index in [0.29, 0.717) is 22.6 Å². The molecule has 3 nitrogen and oxygen atoms in total. The lowest BCUT2D eigenvalue weighted by Gasteiger charge is -2.07. The minimum Gasteiger partial charge on any atom is -0.457 e. The van der Waals surface area contributed by atoms with Crippen molar-refractivity contribution < 1.29 is 9.53 Å². The van der Waals surface area contributed by atoms with Gasteiger partial charge in [-0.25, -0.2) is 0 Å². The quantitative estimate of drug-likeness (QED) is 0.768. The molecule has 0 aromatic heterocycles. The largest absolute Gasteiger partial charge is 0.457 e. The van der Waals surface area contributed by atoms with E-state index in [-0.39, 0.29) is 0 Å². The van der Waals surface area contributed by atoms with E-state index < -0.39 is 0 Å². The van der Waals surface area contributed by atoms with Gasteiger partial charge in [0.2, 0.25) is 0 Å². The van der Waals surface area contributed by atoms with Gasteiger partial charge in [-0.2, -0.15) is 5.26 Å². The van der Waals surface area contributed by atoms with Gasteiger partial charge in [-0.05, 0) is 48.9 Å². The minimum absolute atomic E-state index is 0.550. The number of aldehydes is 1. The molecule has 88 valence electrons. The maximum absolute atomic E-state index is 10.7. The number of carbonyl (C=O) groups is 1. The smallest absolute Gasteiger partial charge is 0.150 e. The number of nitriles is 1. The third-order valence-corrected chi connectivity index (χ3v) is 2.57. The third kappa shape index (κ3) is 2.55. The summed E-state index contributed by atoms with van der Waals surface area (Å²) < 4.78 is 5.63. The molecule has 0 saturated carbocycles. The van der Waals surface area contributed by atoms with Gasteiger partial charge in [0, 0.05) is 5.56 Å². The Morgan fingerprint density at radius 1 is 1.17 bits per heavy atom. The Labute approximate surface area is 105 Å². The zero-order valence-electron chi connectivity index (χ0n) is 9.88. The van der Waals surface area contributed by atoms with Crippen molar-refractivity contribution in [3.05, 3.63) is 59.2 Å². The van der Waals surface area contributed by atoms with E-state index in [1.165, 1.54) is 0 Å². The molecule has 0 unspecified atom stereocenters. The standard InChI is InChI=1S/C15H11NO2/c1-11-7-15(6-5-13(11)10-17)18-14-4-2-3-12(8-14)9-16/h2-8,10H,1H3. The van der Waals surface area contributed by atoms with Crippen molar-refractivity contribution in [1.29, 1.82) is 5.26 Å². The first-order chi connectivity index (χ1) is 8.72. The van der Waals surface area contributed by atoms with Crippen LogP contribution < -0.4 is 4.74 Å². The second-order valence-electron chi connectivity index (χ2n) is 3.88. The Bertz CT molecular complexity index is 627. The molecule has 0 aliphatic rings. The molecule has 0 fully saturated rings. The number of rotatable bonds is 3. The highest BCUT2D eigenvalue weighted by Gasteiger charge is 2.02. The topological polar surface area (TPSA) is 50.1 Å². The van der Waals surface area contributed by atoms with Crippen molar-refractivity contribution in [3.8, 4) is 17.6 Å². The Balaban J connectivity index is 2.26. The highest BCUT2D eigenvalue weighted by Crippen LogP contribution is 2.23. The van der Waals surface area contributed by atoms with Crippen LogP contribution in [-0.2, 0) is 0 Å². The van der Waals surface area contributed by atoms with E-state index in [0.717, 1.165) is 11.8 Å². The van der Waals surface area contributed by atoms with Gasteiger partial charge < -0.3 is 4.74 Å². The van der Waals surface area contributed by atoms with Gasteiger partial charge >= 0.3 is 0 Å². The van der Waals surface area contributed by atoms with Crippen LogP contribution in [0.2, 0.25) is 0 Å². The lowest BCUT2D eigenvalue weighted by molar-refractivity contribution is 0.112. The van der Waals surface area contributed by atoms with Gasteiger partial charge in [-0.3, -0.25) is 4.79 Å². The van der Waals surface area contributed by atoms with E-state index in [4.69, 9.17) is 10.00 Å². The summed E-state index contributed by atoms with van der Waals surface area (Å²) >= 11 is 0. The molecule has 2 rings (SSSR count). The van der Waals surface area contributed by atoms with Crippen LogP contribution in [0.15, 0.2) is 42.5 Å². The molecule has 3 heteroatoms. The van der Waals surface area contributed by atoms with Crippen molar-refractivity contribution in [1.82, 2.24) is 0 Å². The Hall–Kier alpha value is -2.60. The number of hydrogen-bond acceptors (Lipinski definition) is 3. The molecule has 0 radical (unpaired) electrons. The van der Waals surface area contributed by atoms with Gasteiger partial charge in [-0.1, -0.05) is 6.07 Å². The van der Waals surface area contributed by atoms with Gasteiger partial charge in [0.1, 0.15) is 17.8 Å². The first-order valence-corrected chi connectivity index (χ1v) is 5.47. The van der Waals surface area contributed by atoms with Gasteiger partial charge in [0.05, 0.1) is 11.6 Å². The Kier molecular flexibility index (Phi) is 3.40. The lowest BCUT2D eigenvalue weighted by atomic mass is 10.1. The van der Waals surface area contributed by atoms with Crippen molar-refractivity contribution in [2.45, 2.75) is 6.92 Å². The molecule has 0 bridgehead atoms. The van der Waals surface area contributed by atoms with Crippen molar-refractivity contribution in [2.24, 2.45) is 0 Å². The summed E-state index contributed by atoms with van der Waals surface area (Å²) in [5.41, 5.74) is 2.06. The average molecular weight is 237 g/mol. The SMILES string of the molecule is Cc1cc(Oc2cccc(C#N)c2)ccc1C=O. The number of ether oxygens (including phenoxy) is 1. The molecule has 0 atom stereocenters. The van der Waals surface area contributed by atoms with E-state index in [2.05, 4.69) is 6.07 Å². The molecule has 0 saturated heterocycles. The summed E-state index contributed by atoms with van der Waals surface area (Å²) in [4.78, 5) is 10.7. The maximum Gasteiger partial charge on any atom is 0.150 e. The molecule has 18 heavy (non-hydrogen) atoms. The monoisotopic (exact) mass is 237 g/mol. The molecule has 0 heterocycles. The summed E-state index contributed by atoms with van der Waals surface area (Å²) in [5, 5.41) is 8.80. The molecule has 0 amide bonds. The summed E-state index contributed by atoms with van der Waals surface area (Å²) in [7, 11) is 0. The van der Waals surface area contributed by atoms with Crippen LogP contribution in [0.1, 0.15) is 21.5 Å². The first kappa shape index (κ1) is 11.9. The average Bonchev–Trinajstić information content (AvgIpc) is 2.39. The van der Waals surface area contributed by atoms with Gasteiger partial charge in [0.15, 0.2) is 0 Å². The number of nitrogens with zero attached hydrogens (tertiary/aromatic N) is 1. The van der Waals surface area contributed by atoms with Crippen LogP contribution in [0.5, 0.6) is 11.5 Å². The molecule has 0 N–H and O–H groups in total. The molecule has 2 aromatic rings. The summed E-state index contributed by atoms with van der Waals surface area (Å²) in [5.74, 6) is 1.25. The summed E-state index contributed by atoms with van der Waals surface area (Å²) in [6.07, 6.45) is 0.815. The molecular weight excluding hydrogens is 226 g/mol. The fourth-order valence-electron chi connectivity index (χ4n) is 1.61. The molecule has 0 aliphatic heterocycles. The second kappa shape index (κ2) is 5.15. The zero-order valence-corrected chi connectivity index (χ0v) is 9.88. The van der Waals surface area contributed by atoms with Crippen LogP contribution in [0.4, 0.5) is 0 Å². The molecule has 0 spiro atoms. The minimum atomic E-state index is 0.550. The number of aryl methyl sites for hydroxylation is 1. The highest BCUT2D eigenvalue weighted by atomic mass is 16.5. The van der Waals surface area contributed by atoms with E-state index in [1.54, 1.807) is 42.5 Å². The van der Waals surface area contributed by atoms with Crippen molar-refractivity contribution >= 4 is 6.29 Å². The van der Waals surface area contributed by atoms with E-state index >= 15 is 0 Å². The predicted octanol–water partition coefficient (Wildman–Crippen LogP) is 3.47. The van der Waals surface area contributed by atoms with Crippen LogP contribution in [0.25, 0.3) is 0 Å². The normalized spacial score (nSPS) is 9.56. The summed E-state index contributed by atoms with van der Waals surface area (Å²) in [6, 6.07) is 14.2. The zero-order chi connectivity index (χ0) is 13.0. The molecule has 0 aliphatic carbocycles. The molecule has 2 aromatic carbocycles. The maximum atomic E-state index is 10.7. The molecular formula is C15H11NO2. The van der Waals surface area contributed by atoms with E-state index in [9.17, 15) is 4.79 Å². The fraction of sp³-hybridized carbons (Fsp3) is 0.0667. The number of benzene rings is 2. The predicted molar refractivity (Wildman–Crippen MR) is 67.8 cm³/mol. The lowest BCUT2D eigenvalue weighted by Crippen LogP contribution is -1.89. The van der Waals surface area contributed by atoms with Crippen LogP contribution in [0, 0.1) is 18.3 Å². The second-order valence-corrected chi connectivity index (χ2v) is 3.88. The third-order valence-electron chi connectivity index (χ3n) is 2.57. The number of hydrogen-bond donors (Lipinski definition) is 0. The number of carbonyl (C=O) groups excluding carboxylic acids is 1. The van der Waals surface area contributed by atoms with Crippen molar-refractivity contribution in [3.63, 3.8) is 0 Å². The Morgan fingerprint density at radius 2 is 1.94 bits per heavy atom. The van der Waals surface area contributed by atoms with Crippen molar-refractivity contribution in [2.75, 3.05) is 0 Å². The first-order valence-electron chi connectivity index (χ1n) is 5.47. The van der Waals surface area contributed by atoms with Crippen LogP contribution in [0.3, 0.4) is 0 Å². The van der Waals surface area contributed by atoms with Gasteiger partial charge in [-0.15, -0.1) is 0 Å². The highest BCUT2D eigenvalue weighted by molar-refractivity contribution is 5.77. The van der Waals surface area contributed by atoms with Crippen LogP contribution in [-0.4, -0.2) is 6.29 Å². The van der Waals surface area contributed by atoms with Crippen LogP contribution >= 0.6 is 0 Å². The summed E-state index contributed by atoms with van der Waals surface area (Å²) in [6.45, 7) is 1.85.